The van der Waals surface area contributed by atoms with Crippen molar-refractivity contribution in [2.75, 3.05) is 18.1 Å². The predicted molar refractivity (Wildman–Crippen MR) is 66.4 cm³/mol. The van der Waals surface area contributed by atoms with Gasteiger partial charge in [0.05, 0.1) is 12.6 Å². The molecule has 0 spiro atoms. The topological polar surface area (TPSA) is 49.5 Å². The van der Waals surface area contributed by atoms with Crippen LogP contribution in [-0.4, -0.2) is 24.3 Å². The van der Waals surface area contributed by atoms with Crippen molar-refractivity contribution in [1.82, 2.24) is 0 Å². The Balaban J connectivity index is 2.34. The van der Waals surface area contributed by atoms with Crippen LogP contribution < -0.4 is 10.6 Å². The number of nitrogens with two attached hydrogens (primary N) is 1. The third-order valence-corrected chi connectivity index (χ3v) is 3.45. The average Bonchev–Trinajstić information content (AvgIpc) is 2.38. The number of halogens is 1. The Morgan fingerprint density at radius 2 is 2.24 bits per heavy atom. The van der Waals surface area contributed by atoms with Gasteiger partial charge >= 0.3 is 0 Å². The Morgan fingerprint density at radius 1 is 1.41 bits per heavy atom. The minimum Gasteiger partial charge on any atom is -0.394 e. The molecule has 0 aliphatic carbocycles. The lowest BCUT2D eigenvalue weighted by Gasteiger charge is -2.37. The minimum atomic E-state index is -0.257. The van der Waals surface area contributed by atoms with E-state index in [1.807, 2.05) is 6.07 Å². The summed E-state index contributed by atoms with van der Waals surface area (Å²) >= 11 is 0. The summed E-state index contributed by atoms with van der Waals surface area (Å²) < 4.78 is 13.7. The van der Waals surface area contributed by atoms with Crippen molar-refractivity contribution in [3.05, 3.63) is 29.6 Å². The van der Waals surface area contributed by atoms with Crippen molar-refractivity contribution in [2.45, 2.75) is 31.8 Å². The maximum absolute atomic E-state index is 13.7. The molecule has 4 heteroatoms. The fourth-order valence-electron chi connectivity index (χ4n) is 2.53. The largest absolute Gasteiger partial charge is 0.394 e. The van der Waals surface area contributed by atoms with Gasteiger partial charge in [-0.2, -0.15) is 0 Å². The van der Waals surface area contributed by atoms with Crippen molar-refractivity contribution in [3.8, 4) is 0 Å². The van der Waals surface area contributed by atoms with E-state index in [1.165, 1.54) is 6.07 Å². The molecular weight excluding hydrogens is 219 g/mol. The Labute approximate surface area is 101 Å². The normalized spacial score (nSPS) is 20.6. The lowest BCUT2D eigenvalue weighted by Crippen LogP contribution is -2.42. The molecule has 1 heterocycles. The van der Waals surface area contributed by atoms with Crippen molar-refractivity contribution < 1.29 is 9.50 Å². The predicted octanol–water partition coefficient (Wildman–Crippen LogP) is 1.64. The van der Waals surface area contributed by atoms with Crippen molar-refractivity contribution in [3.63, 3.8) is 0 Å². The van der Waals surface area contributed by atoms with E-state index in [0.29, 0.717) is 5.56 Å². The molecule has 1 aliphatic rings. The molecular formula is C13H19FN2O. The van der Waals surface area contributed by atoms with Gasteiger partial charge in [-0.1, -0.05) is 6.07 Å². The molecule has 1 atom stereocenters. The summed E-state index contributed by atoms with van der Waals surface area (Å²) in [5.74, 6) is -0.257. The molecule has 3 N–H and O–H groups in total. The second-order valence-electron chi connectivity index (χ2n) is 4.47. The summed E-state index contributed by atoms with van der Waals surface area (Å²) in [6.45, 7) is 1.17. The van der Waals surface area contributed by atoms with Gasteiger partial charge in [0.25, 0.3) is 0 Å². The number of rotatable bonds is 3. The highest BCUT2D eigenvalue weighted by molar-refractivity contribution is 5.55. The van der Waals surface area contributed by atoms with E-state index in [4.69, 9.17) is 5.73 Å². The third kappa shape index (κ3) is 2.42. The smallest absolute Gasteiger partial charge is 0.129 e. The number of piperidine rings is 1. The second kappa shape index (κ2) is 5.47. The number of benzene rings is 1. The number of nitrogens with zero attached hydrogens (tertiary/aromatic N) is 1. The Morgan fingerprint density at radius 3 is 2.94 bits per heavy atom. The van der Waals surface area contributed by atoms with Gasteiger partial charge < -0.3 is 15.7 Å². The molecule has 1 aliphatic heterocycles. The molecule has 94 valence electrons. The van der Waals surface area contributed by atoms with E-state index >= 15 is 0 Å². The number of hydrogen-bond acceptors (Lipinski definition) is 3. The van der Waals surface area contributed by atoms with Gasteiger partial charge in [0.2, 0.25) is 0 Å². The fourth-order valence-corrected chi connectivity index (χ4v) is 2.53. The molecule has 3 nitrogen and oxygen atoms in total. The number of hydrogen-bond donors (Lipinski definition) is 2. The van der Waals surface area contributed by atoms with Crippen LogP contribution in [0.2, 0.25) is 0 Å². The summed E-state index contributed by atoms with van der Waals surface area (Å²) in [6, 6.07) is 5.12. The van der Waals surface area contributed by atoms with Gasteiger partial charge in [-0.25, -0.2) is 4.39 Å². The fraction of sp³-hybridized carbons (Fsp3) is 0.538. The molecule has 1 unspecified atom stereocenters. The second-order valence-corrected chi connectivity index (χ2v) is 4.47. The highest BCUT2D eigenvalue weighted by atomic mass is 19.1. The molecule has 1 aromatic carbocycles. The van der Waals surface area contributed by atoms with Crippen LogP contribution in [0.1, 0.15) is 24.8 Å². The van der Waals surface area contributed by atoms with E-state index in [2.05, 4.69) is 4.90 Å². The van der Waals surface area contributed by atoms with Crippen molar-refractivity contribution >= 4 is 5.69 Å². The maximum atomic E-state index is 13.7. The van der Waals surface area contributed by atoms with Crippen molar-refractivity contribution in [2.24, 2.45) is 5.73 Å². The molecule has 0 amide bonds. The zero-order valence-electron chi connectivity index (χ0n) is 9.90. The van der Waals surface area contributed by atoms with Crippen LogP contribution in [0, 0.1) is 5.82 Å². The first-order valence-corrected chi connectivity index (χ1v) is 6.13. The molecule has 0 saturated carbocycles. The van der Waals surface area contributed by atoms with Gasteiger partial charge in [-0.3, -0.25) is 0 Å². The highest BCUT2D eigenvalue weighted by Gasteiger charge is 2.24. The quantitative estimate of drug-likeness (QED) is 0.841. The first kappa shape index (κ1) is 12.3. The molecule has 1 saturated heterocycles. The summed E-state index contributed by atoms with van der Waals surface area (Å²) in [4.78, 5) is 2.09. The van der Waals surface area contributed by atoms with Crippen LogP contribution in [0.5, 0.6) is 0 Å². The molecule has 0 radical (unpaired) electrons. The van der Waals surface area contributed by atoms with Gasteiger partial charge in [0.15, 0.2) is 0 Å². The molecule has 17 heavy (non-hydrogen) atoms. The summed E-state index contributed by atoms with van der Waals surface area (Å²) in [5.41, 5.74) is 7.00. The molecule has 1 aromatic rings. The number of aliphatic hydroxyl groups excluding tert-OH is 1. The zero-order valence-corrected chi connectivity index (χ0v) is 9.90. The molecule has 0 aromatic heterocycles. The Bertz CT molecular complexity index is 384. The maximum Gasteiger partial charge on any atom is 0.129 e. The highest BCUT2D eigenvalue weighted by Crippen LogP contribution is 2.29. The Kier molecular flexibility index (Phi) is 3.97. The SMILES string of the molecule is NCc1c(F)cccc1N1CCCCC1CO. The van der Waals surface area contributed by atoms with E-state index in [-0.39, 0.29) is 25.0 Å². The molecule has 1 fully saturated rings. The third-order valence-electron chi connectivity index (χ3n) is 3.45. The van der Waals surface area contributed by atoms with E-state index in [1.54, 1.807) is 6.07 Å². The van der Waals surface area contributed by atoms with Crippen LogP contribution in [0.3, 0.4) is 0 Å². The average molecular weight is 238 g/mol. The minimum absolute atomic E-state index is 0.0934. The monoisotopic (exact) mass is 238 g/mol. The lowest BCUT2D eigenvalue weighted by molar-refractivity contribution is 0.240. The standard InChI is InChI=1S/C13H19FN2O/c14-12-5-3-6-13(11(12)8-15)16-7-2-1-4-10(16)9-17/h3,5-6,10,17H,1-2,4,7-9,15H2. The number of anilines is 1. The van der Waals surface area contributed by atoms with Crippen LogP contribution in [0.15, 0.2) is 18.2 Å². The summed E-state index contributed by atoms with van der Waals surface area (Å²) in [7, 11) is 0. The lowest BCUT2D eigenvalue weighted by atomic mass is 10.00. The van der Waals surface area contributed by atoms with Gasteiger partial charge in [-0.05, 0) is 31.4 Å². The van der Waals surface area contributed by atoms with Gasteiger partial charge in [0, 0.05) is 24.3 Å². The summed E-state index contributed by atoms with van der Waals surface area (Å²) in [5, 5.41) is 9.39. The Hall–Kier alpha value is -1.13. The van der Waals surface area contributed by atoms with Crippen LogP contribution in [0.4, 0.5) is 10.1 Å². The van der Waals surface area contributed by atoms with Crippen LogP contribution in [-0.2, 0) is 6.54 Å². The zero-order chi connectivity index (χ0) is 12.3. The van der Waals surface area contributed by atoms with Crippen LogP contribution in [0.25, 0.3) is 0 Å². The summed E-state index contributed by atoms with van der Waals surface area (Å²) in [6.07, 6.45) is 3.16. The van der Waals surface area contributed by atoms with E-state index in [9.17, 15) is 9.50 Å². The van der Waals surface area contributed by atoms with Crippen LogP contribution >= 0.6 is 0 Å². The molecule has 0 bridgehead atoms. The number of aliphatic hydroxyl groups is 1. The van der Waals surface area contributed by atoms with E-state index in [0.717, 1.165) is 31.5 Å². The van der Waals surface area contributed by atoms with Gasteiger partial charge in [-0.15, -0.1) is 0 Å². The van der Waals surface area contributed by atoms with E-state index < -0.39 is 0 Å². The molecule has 2 rings (SSSR count). The first-order chi connectivity index (χ1) is 8.27. The van der Waals surface area contributed by atoms with Crippen molar-refractivity contribution in [1.29, 1.82) is 0 Å². The van der Waals surface area contributed by atoms with Gasteiger partial charge in [0.1, 0.15) is 5.82 Å². The first-order valence-electron chi connectivity index (χ1n) is 6.13.